The van der Waals surface area contributed by atoms with Gasteiger partial charge < -0.3 is 15.4 Å². The Hall–Kier alpha value is -1.92. The predicted octanol–water partition coefficient (Wildman–Crippen LogP) is 3.39. The molecule has 0 aliphatic carbocycles. The van der Waals surface area contributed by atoms with E-state index in [9.17, 15) is 4.79 Å². The van der Waals surface area contributed by atoms with Crippen molar-refractivity contribution in [1.29, 1.82) is 0 Å². The summed E-state index contributed by atoms with van der Waals surface area (Å²) >= 11 is 1.45. The van der Waals surface area contributed by atoms with E-state index in [1.165, 1.54) is 11.3 Å². The van der Waals surface area contributed by atoms with Gasteiger partial charge in [-0.05, 0) is 64.4 Å². The number of amides is 1. The highest BCUT2D eigenvalue weighted by Crippen LogP contribution is 2.29. The van der Waals surface area contributed by atoms with E-state index < -0.39 is 0 Å². The number of nitrogens with one attached hydrogen (secondary N) is 2. The molecule has 2 unspecified atom stereocenters. The largest absolute Gasteiger partial charge is 0.494 e. The van der Waals surface area contributed by atoms with Crippen LogP contribution in [0.5, 0.6) is 5.75 Å². The average Bonchev–Trinajstić information content (AvgIpc) is 2.98. The average molecular weight is 359 g/mol. The molecule has 1 aliphatic rings. The number of hydrogen-bond acceptors (Lipinski definition) is 5. The summed E-state index contributed by atoms with van der Waals surface area (Å²) in [5.74, 6) is 0.837. The molecule has 2 heterocycles. The van der Waals surface area contributed by atoms with E-state index in [1.54, 1.807) is 0 Å². The van der Waals surface area contributed by atoms with Crippen LogP contribution in [0.25, 0.3) is 10.6 Å². The summed E-state index contributed by atoms with van der Waals surface area (Å²) in [6, 6.07) is 8.52. The quantitative estimate of drug-likeness (QED) is 0.859. The zero-order valence-corrected chi connectivity index (χ0v) is 15.8. The van der Waals surface area contributed by atoms with E-state index in [4.69, 9.17) is 4.74 Å². The van der Waals surface area contributed by atoms with Crippen LogP contribution in [-0.2, 0) is 0 Å². The molecule has 3 rings (SSSR count). The molecular formula is C19H25N3O2S. The lowest BCUT2D eigenvalue weighted by Crippen LogP contribution is -2.46. The first-order valence-corrected chi connectivity index (χ1v) is 9.63. The van der Waals surface area contributed by atoms with E-state index in [0.717, 1.165) is 41.4 Å². The number of rotatable bonds is 5. The van der Waals surface area contributed by atoms with Crippen LogP contribution in [0.15, 0.2) is 24.3 Å². The molecule has 1 amide bonds. The van der Waals surface area contributed by atoms with Crippen molar-refractivity contribution in [2.45, 2.75) is 45.7 Å². The SMILES string of the molecule is CCOc1ccc(-c2nc(C)c(C(=O)NC3CCNC(C)C3)s2)cc1. The van der Waals surface area contributed by atoms with Crippen molar-refractivity contribution in [3.8, 4) is 16.3 Å². The van der Waals surface area contributed by atoms with Crippen LogP contribution in [0, 0.1) is 6.92 Å². The Balaban J connectivity index is 1.72. The molecule has 0 radical (unpaired) electrons. The third-order valence-corrected chi connectivity index (χ3v) is 5.58. The van der Waals surface area contributed by atoms with Crippen molar-refractivity contribution in [3.05, 3.63) is 34.8 Å². The number of carbonyl (C=O) groups excluding carboxylic acids is 1. The molecule has 2 aromatic rings. The Kier molecular flexibility index (Phi) is 5.71. The van der Waals surface area contributed by atoms with Gasteiger partial charge >= 0.3 is 0 Å². The molecule has 134 valence electrons. The highest BCUT2D eigenvalue weighted by Gasteiger charge is 2.23. The summed E-state index contributed by atoms with van der Waals surface area (Å²) in [5.41, 5.74) is 1.79. The maximum atomic E-state index is 12.6. The number of carbonyl (C=O) groups is 1. The second-order valence-corrected chi connectivity index (χ2v) is 7.44. The van der Waals surface area contributed by atoms with Crippen LogP contribution >= 0.6 is 11.3 Å². The Labute approximate surface area is 152 Å². The maximum Gasteiger partial charge on any atom is 0.263 e. The maximum absolute atomic E-state index is 12.6. The molecule has 1 fully saturated rings. The van der Waals surface area contributed by atoms with Gasteiger partial charge in [0.05, 0.1) is 12.3 Å². The molecule has 1 aromatic heterocycles. The first kappa shape index (κ1) is 17.9. The molecule has 0 saturated carbocycles. The summed E-state index contributed by atoms with van der Waals surface area (Å²) in [7, 11) is 0. The molecule has 0 spiro atoms. The van der Waals surface area contributed by atoms with Crippen molar-refractivity contribution < 1.29 is 9.53 Å². The lowest BCUT2D eigenvalue weighted by atomic mass is 10.0. The smallest absolute Gasteiger partial charge is 0.263 e. The van der Waals surface area contributed by atoms with Crippen LogP contribution in [-0.4, -0.2) is 36.1 Å². The number of ether oxygens (including phenoxy) is 1. The predicted molar refractivity (Wildman–Crippen MR) is 101 cm³/mol. The minimum atomic E-state index is -0.00807. The van der Waals surface area contributed by atoms with Gasteiger partial charge in [0.15, 0.2) is 0 Å². The summed E-state index contributed by atoms with van der Waals surface area (Å²) in [6.45, 7) is 7.61. The Bertz CT molecular complexity index is 727. The van der Waals surface area contributed by atoms with Crippen LogP contribution in [0.3, 0.4) is 0 Å². The first-order chi connectivity index (χ1) is 12.1. The van der Waals surface area contributed by atoms with Gasteiger partial charge in [0.2, 0.25) is 0 Å². The van der Waals surface area contributed by atoms with Crippen molar-refractivity contribution in [1.82, 2.24) is 15.6 Å². The molecule has 2 atom stereocenters. The van der Waals surface area contributed by atoms with Gasteiger partial charge in [-0.2, -0.15) is 0 Å². The monoisotopic (exact) mass is 359 g/mol. The number of nitrogens with zero attached hydrogens (tertiary/aromatic N) is 1. The summed E-state index contributed by atoms with van der Waals surface area (Å²) in [4.78, 5) is 17.9. The first-order valence-electron chi connectivity index (χ1n) is 8.81. The number of thiazole rings is 1. The van der Waals surface area contributed by atoms with Gasteiger partial charge in [0.1, 0.15) is 15.6 Å². The number of hydrogen-bond donors (Lipinski definition) is 2. The number of aryl methyl sites for hydroxylation is 1. The van der Waals surface area contributed by atoms with Crippen LogP contribution in [0.4, 0.5) is 0 Å². The van der Waals surface area contributed by atoms with E-state index in [2.05, 4.69) is 22.5 Å². The second kappa shape index (κ2) is 7.97. The molecule has 2 N–H and O–H groups in total. The van der Waals surface area contributed by atoms with Crippen molar-refractivity contribution >= 4 is 17.2 Å². The Morgan fingerprint density at radius 3 is 2.84 bits per heavy atom. The molecule has 25 heavy (non-hydrogen) atoms. The Morgan fingerprint density at radius 1 is 1.40 bits per heavy atom. The third-order valence-electron chi connectivity index (χ3n) is 4.37. The second-order valence-electron chi connectivity index (χ2n) is 6.44. The molecule has 1 aliphatic heterocycles. The standard InChI is InChI=1S/C19H25N3O2S/c1-4-24-16-7-5-14(6-8-16)19-21-13(3)17(25-19)18(23)22-15-9-10-20-12(2)11-15/h5-8,12,15,20H,4,9-11H2,1-3H3,(H,22,23). The van der Waals surface area contributed by atoms with E-state index in [-0.39, 0.29) is 11.9 Å². The normalized spacial score (nSPS) is 20.3. The zero-order chi connectivity index (χ0) is 17.8. The third kappa shape index (κ3) is 4.38. The molecule has 5 nitrogen and oxygen atoms in total. The zero-order valence-electron chi connectivity index (χ0n) is 15.0. The topological polar surface area (TPSA) is 63.2 Å². The van der Waals surface area contributed by atoms with Crippen molar-refractivity contribution in [2.75, 3.05) is 13.2 Å². The molecular weight excluding hydrogens is 334 g/mol. The number of benzene rings is 1. The molecule has 1 saturated heterocycles. The minimum Gasteiger partial charge on any atom is -0.494 e. The van der Waals surface area contributed by atoms with Crippen LogP contribution < -0.4 is 15.4 Å². The van der Waals surface area contributed by atoms with Gasteiger partial charge in [-0.15, -0.1) is 11.3 Å². The Morgan fingerprint density at radius 2 is 2.16 bits per heavy atom. The van der Waals surface area contributed by atoms with Gasteiger partial charge in [-0.3, -0.25) is 4.79 Å². The van der Waals surface area contributed by atoms with Gasteiger partial charge in [-0.1, -0.05) is 0 Å². The van der Waals surface area contributed by atoms with Crippen LogP contribution in [0.1, 0.15) is 42.1 Å². The fourth-order valence-electron chi connectivity index (χ4n) is 3.10. The van der Waals surface area contributed by atoms with Gasteiger partial charge in [-0.25, -0.2) is 4.98 Å². The molecule has 1 aromatic carbocycles. The summed E-state index contributed by atoms with van der Waals surface area (Å²) in [6.07, 6.45) is 1.94. The summed E-state index contributed by atoms with van der Waals surface area (Å²) in [5, 5.41) is 7.44. The minimum absolute atomic E-state index is 0.00807. The number of aromatic nitrogens is 1. The van der Waals surface area contributed by atoms with Crippen molar-refractivity contribution in [2.24, 2.45) is 0 Å². The van der Waals surface area contributed by atoms with E-state index in [1.807, 2.05) is 38.1 Å². The lowest BCUT2D eigenvalue weighted by molar-refractivity contribution is 0.0929. The lowest BCUT2D eigenvalue weighted by Gasteiger charge is -2.28. The molecule has 0 bridgehead atoms. The van der Waals surface area contributed by atoms with Crippen LogP contribution in [0.2, 0.25) is 0 Å². The van der Waals surface area contributed by atoms with E-state index in [0.29, 0.717) is 17.5 Å². The van der Waals surface area contributed by atoms with Gasteiger partial charge in [0, 0.05) is 17.6 Å². The highest BCUT2D eigenvalue weighted by atomic mass is 32.1. The fourth-order valence-corrected chi connectivity index (χ4v) is 4.08. The van der Waals surface area contributed by atoms with E-state index >= 15 is 0 Å². The summed E-state index contributed by atoms with van der Waals surface area (Å²) < 4.78 is 5.47. The fraction of sp³-hybridized carbons (Fsp3) is 0.474. The highest BCUT2D eigenvalue weighted by molar-refractivity contribution is 7.17. The van der Waals surface area contributed by atoms with Crippen molar-refractivity contribution in [3.63, 3.8) is 0 Å². The van der Waals surface area contributed by atoms with Gasteiger partial charge in [0.25, 0.3) is 5.91 Å². The number of piperidine rings is 1. The molecule has 6 heteroatoms.